The van der Waals surface area contributed by atoms with Gasteiger partial charge in [-0.3, -0.25) is 0 Å². The van der Waals surface area contributed by atoms with Gasteiger partial charge in [-0.15, -0.1) is 0 Å². The van der Waals surface area contributed by atoms with Crippen LogP contribution in [0, 0.1) is 11.8 Å². The quantitative estimate of drug-likeness (QED) is 0.447. The summed E-state index contributed by atoms with van der Waals surface area (Å²) in [4.78, 5) is 0. The van der Waals surface area contributed by atoms with Gasteiger partial charge in [0.15, 0.2) is 0 Å². The SMILES string of the molecule is C/C=C\CC(CCC)C(=C(C)C)C(C)C.CC.CC.[V]. The zero-order chi connectivity index (χ0) is 15.8. The summed E-state index contributed by atoms with van der Waals surface area (Å²) in [5.74, 6) is 1.45. The maximum atomic E-state index is 2.32. The number of hydrogen-bond acceptors (Lipinski definition) is 0. The Hall–Kier alpha value is 0.0644. The van der Waals surface area contributed by atoms with Crippen LogP contribution >= 0.6 is 0 Å². The van der Waals surface area contributed by atoms with Crippen LogP contribution in [0.5, 0.6) is 0 Å². The van der Waals surface area contributed by atoms with Crippen molar-refractivity contribution in [2.45, 2.75) is 88.5 Å². The van der Waals surface area contributed by atoms with Crippen molar-refractivity contribution in [2.24, 2.45) is 11.8 Å². The van der Waals surface area contributed by atoms with E-state index in [9.17, 15) is 0 Å². The molecule has 0 fully saturated rings. The second kappa shape index (κ2) is 21.4. The molecule has 0 aliphatic rings. The normalized spacial score (nSPS) is 10.8. The van der Waals surface area contributed by atoms with E-state index in [1.165, 1.54) is 24.8 Å². The predicted molar refractivity (Wildman–Crippen MR) is 93.7 cm³/mol. The second-order valence-corrected chi connectivity index (χ2v) is 4.90. The van der Waals surface area contributed by atoms with Crippen molar-refractivity contribution < 1.29 is 18.6 Å². The summed E-state index contributed by atoms with van der Waals surface area (Å²) in [5.41, 5.74) is 3.20. The van der Waals surface area contributed by atoms with Gasteiger partial charge in [-0.25, -0.2) is 0 Å². The van der Waals surface area contributed by atoms with E-state index >= 15 is 0 Å². The third kappa shape index (κ3) is 14.5. The van der Waals surface area contributed by atoms with E-state index in [2.05, 4.69) is 53.7 Å². The van der Waals surface area contributed by atoms with Crippen molar-refractivity contribution in [2.75, 3.05) is 0 Å². The van der Waals surface area contributed by atoms with Crippen molar-refractivity contribution in [3.8, 4) is 0 Å². The van der Waals surface area contributed by atoms with Crippen molar-refractivity contribution in [1.82, 2.24) is 0 Å². The molecule has 0 nitrogen and oxygen atoms in total. The van der Waals surface area contributed by atoms with Crippen LogP contribution in [0.4, 0.5) is 0 Å². The minimum Gasteiger partial charge on any atom is -0.0916 e. The van der Waals surface area contributed by atoms with Gasteiger partial charge < -0.3 is 0 Å². The van der Waals surface area contributed by atoms with E-state index in [4.69, 9.17) is 0 Å². The molecule has 1 radical (unpaired) electrons. The van der Waals surface area contributed by atoms with Gasteiger partial charge >= 0.3 is 0 Å². The fraction of sp³-hybridized carbons (Fsp3) is 0.789. The van der Waals surface area contributed by atoms with Crippen molar-refractivity contribution in [3.05, 3.63) is 23.3 Å². The van der Waals surface area contributed by atoms with Gasteiger partial charge in [-0.1, -0.05) is 78.2 Å². The first-order chi connectivity index (χ1) is 9.04. The fourth-order valence-electron chi connectivity index (χ4n) is 2.51. The van der Waals surface area contributed by atoms with Crippen LogP contribution < -0.4 is 0 Å². The maximum Gasteiger partial charge on any atom is 0 e. The van der Waals surface area contributed by atoms with E-state index < -0.39 is 0 Å². The molecule has 1 unspecified atom stereocenters. The molecule has 1 heteroatoms. The molecule has 0 saturated heterocycles. The predicted octanol–water partition coefficient (Wildman–Crippen LogP) is 7.41. The minimum atomic E-state index is 0. The summed E-state index contributed by atoms with van der Waals surface area (Å²) in [5, 5.41) is 0. The molecule has 121 valence electrons. The zero-order valence-electron chi connectivity index (χ0n) is 15.9. The summed E-state index contributed by atoms with van der Waals surface area (Å²) < 4.78 is 0. The van der Waals surface area contributed by atoms with Crippen molar-refractivity contribution in [3.63, 3.8) is 0 Å². The summed E-state index contributed by atoms with van der Waals surface area (Å²) >= 11 is 0. The Balaban J connectivity index is -0.000000233. The molecular formula is C19H40V. The molecule has 0 N–H and O–H groups in total. The number of allylic oxidation sites excluding steroid dienone is 4. The summed E-state index contributed by atoms with van der Waals surface area (Å²) in [7, 11) is 0. The van der Waals surface area contributed by atoms with E-state index in [-0.39, 0.29) is 18.6 Å². The minimum absolute atomic E-state index is 0. The van der Waals surface area contributed by atoms with E-state index in [1.54, 1.807) is 5.57 Å². The van der Waals surface area contributed by atoms with Gasteiger partial charge in [-0.2, -0.15) is 0 Å². The molecule has 20 heavy (non-hydrogen) atoms. The Kier molecular flexibility index (Phi) is 30.2. The van der Waals surface area contributed by atoms with Crippen LogP contribution in [-0.2, 0) is 18.6 Å². The molecule has 0 amide bonds. The standard InChI is InChI=1S/C15H28.2C2H6.V/c1-7-9-11-14(10-8-2)15(12(3)4)13(5)6;2*1-2;/h7,9,12,14H,8,10-11H2,1-6H3;2*1-2H3;/b9-7-;;;. The molecule has 1 atom stereocenters. The van der Waals surface area contributed by atoms with Gasteiger partial charge in [0.05, 0.1) is 0 Å². The molecule has 0 aromatic carbocycles. The van der Waals surface area contributed by atoms with Crippen LogP contribution in [0.2, 0.25) is 0 Å². The largest absolute Gasteiger partial charge is 0.0916 e. The Labute approximate surface area is 142 Å². The van der Waals surface area contributed by atoms with E-state index in [0.717, 1.165) is 5.92 Å². The summed E-state index contributed by atoms with van der Waals surface area (Å²) in [6.07, 6.45) is 8.30. The van der Waals surface area contributed by atoms with Crippen LogP contribution in [-0.4, -0.2) is 0 Å². The average Bonchev–Trinajstić information content (AvgIpc) is 2.40. The molecule has 0 aliphatic carbocycles. The van der Waals surface area contributed by atoms with Gasteiger partial charge in [0, 0.05) is 18.6 Å². The van der Waals surface area contributed by atoms with Crippen LogP contribution in [0.3, 0.4) is 0 Å². The van der Waals surface area contributed by atoms with E-state index in [0.29, 0.717) is 5.92 Å². The second-order valence-electron chi connectivity index (χ2n) is 4.90. The van der Waals surface area contributed by atoms with Crippen molar-refractivity contribution in [1.29, 1.82) is 0 Å². The van der Waals surface area contributed by atoms with Gasteiger partial charge in [0.1, 0.15) is 0 Å². The van der Waals surface area contributed by atoms with E-state index in [1.807, 2.05) is 27.7 Å². The zero-order valence-corrected chi connectivity index (χ0v) is 17.3. The molecule has 0 spiro atoms. The first kappa shape index (κ1) is 28.3. The number of hydrogen-bond donors (Lipinski definition) is 0. The molecule has 0 aromatic heterocycles. The Bertz CT molecular complexity index is 220. The monoisotopic (exact) mass is 319 g/mol. The Morgan fingerprint density at radius 2 is 1.45 bits per heavy atom. The molecule has 0 heterocycles. The van der Waals surface area contributed by atoms with Gasteiger partial charge in [0.2, 0.25) is 0 Å². The smallest absolute Gasteiger partial charge is 0 e. The number of rotatable bonds is 6. The maximum absolute atomic E-state index is 2.32. The summed E-state index contributed by atoms with van der Waals surface area (Å²) in [6, 6.07) is 0. The van der Waals surface area contributed by atoms with Crippen LogP contribution in [0.15, 0.2) is 23.3 Å². The first-order valence-electron chi connectivity index (χ1n) is 8.32. The Morgan fingerprint density at radius 1 is 1.00 bits per heavy atom. The molecule has 0 rings (SSSR count). The van der Waals surface area contributed by atoms with Crippen molar-refractivity contribution >= 4 is 0 Å². The fourth-order valence-corrected chi connectivity index (χ4v) is 2.51. The molecule has 0 bridgehead atoms. The summed E-state index contributed by atoms with van der Waals surface area (Å²) in [6.45, 7) is 21.6. The molecule has 0 saturated carbocycles. The topological polar surface area (TPSA) is 0 Å². The molecule has 0 aromatic rings. The first-order valence-corrected chi connectivity index (χ1v) is 8.32. The third-order valence-corrected chi connectivity index (χ3v) is 2.93. The van der Waals surface area contributed by atoms with Gasteiger partial charge in [0.25, 0.3) is 0 Å². The average molecular weight is 319 g/mol. The van der Waals surface area contributed by atoms with Crippen LogP contribution in [0.1, 0.15) is 88.5 Å². The molecular weight excluding hydrogens is 279 g/mol. The molecule has 0 aliphatic heterocycles. The van der Waals surface area contributed by atoms with Crippen LogP contribution in [0.25, 0.3) is 0 Å². The van der Waals surface area contributed by atoms with Gasteiger partial charge in [-0.05, 0) is 45.4 Å². The Morgan fingerprint density at radius 3 is 1.70 bits per heavy atom. The third-order valence-electron chi connectivity index (χ3n) is 2.93.